The molecule has 0 unspecified atom stereocenters. The number of nitrogens with one attached hydrogen (secondary N) is 3. The van der Waals surface area contributed by atoms with Gasteiger partial charge in [0, 0.05) is 18.2 Å². The van der Waals surface area contributed by atoms with E-state index >= 15 is 0 Å². The molecule has 0 radical (unpaired) electrons. The average molecular weight is 544 g/mol. The number of furan rings is 1. The van der Waals surface area contributed by atoms with Crippen molar-refractivity contribution in [3.05, 3.63) is 77.0 Å². The van der Waals surface area contributed by atoms with E-state index in [9.17, 15) is 18.4 Å². The van der Waals surface area contributed by atoms with Crippen molar-refractivity contribution in [1.29, 1.82) is 0 Å². The fraction of sp³-hybridized carbons (Fsp3) is 0.379. The zero-order valence-corrected chi connectivity index (χ0v) is 22.0. The van der Waals surface area contributed by atoms with Gasteiger partial charge in [0.2, 0.25) is 5.91 Å². The van der Waals surface area contributed by atoms with Crippen LogP contribution in [-0.2, 0) is 4.79 Å². The van der Waals surface area contributed by atoms with Crippen LogP contribution < -0.4 is 16.0 Å². The third-order valence-corrected chi connectivity index (χ3v) is 7.09. The van der Waals surface area contributed by atoms with Crippen molar-refractivity contribution >= 4 is 29.1 Å². The smallest absolute Gasteiger partial charge is 0.287 e. The first-order chi connectivity index (χ1) is 18.3. The van der Waals surface area contributed by atoms with Crippen LogP contribution in [0.25, 0.3) is 11.3 Å². The monoisotopic (exact) mass is 543 g/mol. The molecule has 0 bridgehead atoms. The summed E-state index contributed by atoms with van der Waals surface area (Å²) in [4.78, 5) is 26.3. The Labute approximate surface area is 226 Å². The second-order valence-corrected chi connectivity index (χ2v) is 10.2. The summed E-state index contributed by atoms with van der Waals surface area (Å²) in [7, 11) is 0. The number of hydrogen-bond donors (Lipinski definition) is 3. The molecule has 2 amide bonds. The Balaban J connectivity index is 1.41. The lowest BCUT2D eigenvalue weighted by Crippen LogP contribution is -2.51. The van der Waals surface area contributed by atoms with E-state index < -0.39 is 23.6 Å². The molecule has 0 spiro atoms. The highest BCUT2D eigenvalue weighted by Gasteiger charge is 2.28. The van der Waals surface area contributed by atoms with E-state index in [1.807, 2.05) is 0 Å². The van der Waals surface area contributed by atoms with Gasteiger partial charge in [-0.25, -0.2) is 8.78 Å². The summed E-state index contributed by atoms with van der Waals surface area (Å²) in [5.74, 6) is -1.07. The standard InChI is InChI=1S/C29H32ClF2N3O3/c1-18(17-33-23-12-6-11-22(30)27(23)32)34-28(36)24(15-19-7-3-2-4-8-19)35-29(37)26-14-13-25(38-26)20-9-5-10-21(31)16-20/h5-6,9-14,16,18-19,24,33H,2-4,7-8,15,17H2,1H3,(H,34,36)(H,35,37)/t18-,24-/m0/s1. The van der Waals surface area contributed by atoms with Crippen LogP contribution in [0.4, 0.5) is 14.5 Å². The van der Waals surface area contributed by atoms with E-state index in [1.165, 1.54) is 30.7 Å². The topological polar surface area (TPSA) is 83.4 Å². The molecule has 1 aliphatic carbocycles. The van der Waals surface area contributed by atoms with Crippen molar-refractivity contribution < 1.29 is 22.8 Å². The van der Waals surface area contributed by atoms with Gasteiger partial charge < -0.3 is 20.4 Å². The van der Waals surface area contributed by atoms with Gasteiger partial charge in [0.15, 0.2) is 11.6 Å². The summed E-state index contributed by atoms with van der Waals surface area (Å²) in [6.45, 7) is 2.06. The minimum Gasteiger partial charge on any atom is -0.451 e. The second kappa shape index (κ2) is 12.9. The fourth-order valence-corrected chi connectivity index (χ4v) is 4.95. The molecule has 1 aliphatic rings. The van der Waals surface area contributed by atoms with E-state index in [-0.39, 0.29) is 35.0 Å². The summed E-state index contributed by atoms with van der Waals surface area (Å²) in [5, 5.41) is 8.74. The van der Waals surface area contributed by atoms with Crippen LogP contribution in [0.2, 0.25) is 5.02 Å². The van der Waals surface area contributed by atoms with Crippen LogP contribution in [0.3, 0.4) is 0 Å². The molecule has 3 N–H and O–H groups in total. The quantitative estimate of drug-likeness (QED) is 0.270. The number of amides is 2. The average Bonchev–Trinajstić information content (AvgIpc) is 3.40. The summed E-state index contributed by atoms with van der Waals surface area (Å²) in [6, 6.07) is 12.6. The van der Waals surface area contributed by atoms with Crippen LogP contribution in [-0.4, -0.2) is 30.4 Å². The summed E-state index contributed by atoms with van der Waals surface area (Å²) in [5.41, 5.74) is 0.760. The van der Waals surface area contributed by atoms with Crippen LogP contribution in [0, 0.1) is 17.6 Å². The van der Waals surface area contributed by atoms with Crippen molar-refractivity contribution in [3.8, 4) is 11.3 Å². The molecule has 202 valence electrons. The predicted molar refractivity (Wildman–Crippen MR) is 144 cm³/mol. The van der Waals surface area contributed by atoms with E-state index in [4.69, 9.17) is 16.0 Å². The Morgan fingerprint density at radius 3 is 2.55 bits per heavy atom. The molecule has 1 heterocycles. The van der Waals surface area contributed by atoms with Gasteiger partial charge in [-0.2, -0.15) is 0 Å². The molecular formula is C29H32ClF2N3O3. The molecule has 1 saturated carbocycles. The maximum atomic E-state index is 14.2. The number of rotatable bonds is 10. The number of halogens is 3. The van der Waals surface area contributed by atoms with Crippen molar-refractivity contribution in [1.82, 2.24) is 10.6 Å². The third kappa shape index (κ3) is 7.34. The largest absolute Gasteiger partial charge is 0.451 e. The molecule has 6 nitrogen and oxygen atoms in total. The molecular weight excluding hydrogens is 512 g/mol. The zero-order valence-electron chi connectivity index (χ0n) is 21.2. The van der Waals surface area contributed by atoms with E-state index in [0.29, 0.717) is 23.7 Å². The van der Waals surface area contributed by atoms with Crippen molar-refractivity contribution in [2.45, 2.75) is 57.5 Å². The van der Waals surface area contributed by atoms with Crippen molar-refractivity contribution in [3.63, 3.8) is 0 Å². The van der Waals surface area contributed by atoms with Gasteiger partial charge in [-0.3, -0.25) is 9.59 Å². The first-order valence-corrected chi connectivity index (χ1v) is 13.3. The van der Waals surface area contributed by atoms with E-state index in [2.05, 4.69) is 16.0 Å². The Morgan fingerprint density at radius 1 is 1.03 bits per heavy atom. The lowest BCUT2D eigenvalue weighted by atomic mass is 9.84. The van der Waals surface area contributed by atoms with Gasteiger partial charge in [-0.1, -0.05) is 61.9 Å². The number of benzene rings is 2. The summed E-state index contributed by atoms with van der Waals surface area (Å²) in [6.07, 6.45) is 5.92. The van der Waals surface area contributed by atoms with Crippen LogP contribution in [0.5, 0.6) is 0 Å². The Morgan fingerprint density at radius 2 is 1.79 bits per heavy atom. The molecule has 4 rings (SSSR count). The molecule has 1 fully saturated rings. The molecule has 1 aromatic heterocycles. The maximum Gasteiger partial charge on any atom is 0.287 e. The molecule has 2 atom stereocenters. The first-order valence-electron chi connectivity index (χ1n) is 12.9. The molecule has 0 saturated heterocycles. The number of carbonyl (C=O) groups is 2. The molecule has 3 aromatic rings. The highest BCUT2D eigenvalue weighted by Crippen LogP contribution is 2.28. The van der Waals surface area contributed by atoms with Gasteiger partial charge >= 0.3 is 0 Å². The number of hydrogen-bond acceptors (Lipinski definition) is 4. The lowest BCUT2D eigenvalue weighted by Gasteiger charge is -2.27. The first kappa shape index (κ1) is 27.6. The van der Waals surface area contributed by atoms with Crippen molar-refractivity contribution in [2.24, 2.45) is 5.92 Å². The van der Waals surface area contributed by atoms with Gasteiger partial charge in [-0.15, -0.1) is 0 Å². The van der Waals surface area contributed by atoms with Gasteiger partial charge in [0.25, 0.3) is 5.91 Å². The van der Waals surface area contributed by atoms with Crippen LogP contribution >= 0.6 is 11.6 Å². The zero-order chi connectivity index (χ0) is 27.1. The minimum atomic E-state index is -0.765. The normalized spacial score (nSPS) is 15.5. The lowest BCUT2D eigenvalue weighted by molar-refractivity contribution is -0.124. The predicted octanol–water partition coefficient (Wildman–Crippen LogP) is 6.56. The van der Waals surface area contributed by atoms with Gasteiger partial charge in [0.05, 0.1) is 10.7 Å². The fourth-order valence-electron chi connectivity index (χ4n) is 4.77. The minimum absolute atomic E-state index is 0.0143. The van der Waals surface area contributed by atoms with Gasteiger partial charge in [-0.05, 0) is 55.7 Å². The highest BCUT2D eigenvalue weighted by atomic mass is 35.5. The van der Waals surface area contributed by atoms with Crippen molar-refractivity contribution in [2.75, 3.05) is 11.9 Å². The maximum absolute atomic E-state index is 14.2. The second-order valence-electron chi connectivity index (χ2n) is 9.83. The Hall–Kier alpha value is -3.39. The molecule has 38 heavy (non-hydrogen) atoms. The summed E-state index contributed by atoms with van der Waals surface area (Å²) >= 11 is 5.84. The van der Waals surface area contributed by atoms with Crippen LogP contribution in [0.1, 0.15) is 56.0 Å². The van der Waals surface area contributed by atoms with E-state index in [0.717, 1.165) is 25.7 Å². The van der Waals surface area contributed by atoms with E-state index in [1.54, 1.807) is 37.3 Å². The SMILES string of the molecule is C[C@@H](CNc1cccc(Cl)c1F)NC(=O)[C@H](CC1CCCCC1)NC(=O)c1ccc(-c2cccc(F)c2)o1. The molecule has 0 aliphatic heterocycles. The molecule has 2 aromatic carbocycles. The molecule has 9 heteroatoms. The third-order valence-electron chi connectivity index (χ3n) is 6.79. The summed E-state index contributed by atoms with van der Waals surface area (Å²) < 4.78 is 33.5. The number of carbonyl (C=O) groups excluding carboxylic acids is 2. The Kier molecular flexibility index (Phi) is 9.39. The highest BCUT2D eigenvalue weighted by molar-refractivity contribution is 6.31. The van der Waals surface area contributed by atoms with Crippen LogP contribution in [0.15, 0.2) is 59.0 Å². The number of anilines is 1. The van der Waals surface area contributed by atoms with Gasteiger partial charge in [0.1, 0.15) is 17.6 Å². The Bertz CT molecular complexity index is 1260.